The average Bonchev–Trinajstić information content (AvgIpc) is 0.896. The number of esters is 3. The molecule has 18 heteroatoms. The number of rotatable bonds is 103. The van der Waals surface area contributed by atoms with Gasteiger partial charge in [-0.15, -0.1) is 0 Å². The Morgan fingerprint density at radius 1 is 0.218 bits per heavy atom. The van der Waals surface area contributed by atoms with Crippen LogP contribution in [0.15, 0.2) is 170 Å². The van der Waals surface area contributed by atoms with Crippen molar-refractivity contribution in [3.63, 3.8) is 0 Å². The third kappa shape index (κ3) is 107. The van der Waals surface area contributed by atoms with Crippen molar-refractivity contribution in [1.82, 2.24) is 0 Å². The maximum Gasteiger partial charge on any atom is 0.472 e. The van der Waals surface area contributed by atoms with Crippen LogP contribution < -0.4 is 0 Å². The zero-order valence-corrected chi connectivity index (χ0v) is 86.9. The minimum absolute atomic E-state index is 0.102. The quantitative estimate of drug-likeness (QED) is 0.0146. The molecule has 0 fully saturated rings. The van der Waals surface area contributed by atoms with Gasteiger partial charge in [-0.2, -0.15) is 0 Å². The molecule has 0 aromatic heterocycles. The third-order valence-electron chi connectivity index (χ3n) is 23.4. The van der Waals surface area contributed by atoms with E-state index in [9.17, 15) is 43.5 Å². The summed E-state index contributed by atoms with van der Waals surface area (Å²) in [5.74, 6) is -1.55. The summed E-state index contributed by atoms with van der Waals surface area (Å²) in [4.78, 5) is 59.3. The van der Waals surface area contributed by atoms with E-state index in [0.717, 1.165) is 148 Å². The van der Waals surface area contributed by atoms with E-state index < -0.39 is 91.5 Å². The van der Waals surface area contributed by atoms with Crippen molar-refractivity contribution in [3.8, 4) is 0 Å². The Balaban J connectivity index is 4.59. The number of phosphoric acid groups is 2. The van der Waals surface area contributed by atoms with Crippen molar-refractivity contribution in [2.75, 3.05) is 39.6 Å². The third-order valence-corrected chi connectivity index (χ3v) is 25.3. The summed E-state index contributed by atoms with van der Waals surface area (Å²) in [5, 5.41) is 20.8. The lowest BCUT2D eigenvalue weighted by molar-refractivity contribution is -0.161. The van der Waals surface area contributed by atoms with Gasteiger partial charge in [0.2, 0.25) is 0 Å². The number of aliphatic hydroxyl groups excluding tert-OH is 2. The van der Waals surface area contributed by atoms with E-state index in [4.69, 9.17) is 32.3 Å². The number of ether oxygens (including phenoxy) is 3. The second-order valence-corrected chi connectivity index (χ2v) is 39.3. The second kappa shape index (κ2) is 106. The predicted molar refractivity (Wildman–Crippen MR) is 565 cm³/mol. The van der Waals surface area contributed by atoms with Gasteiger partial charge in [-0.05, 0) is 161 Å². The Labute approximate surface area is 815 Å². The molecule has 0 aliphatic rings. The lowest BCUT2D eigenvalue weighted by atomic mass is 10.0. The summed E-state index contributed by atoms with van der Waals surface area (Å²) in [6.07, 6.45) is 140. The van der Waals surface area contributed by atoms with Gasteiger partial charge < -0.3 is 34.2 Å². The number of hydrogen-bond acceptors (Lipinski definition) is 14. The Morgan fingerprint density at radius 3 is 0.632 bits per heavy atom. The molecule has 133 heavy (non-hydrogen) atoms. The van der Waals surface area contributed by atoms with Crippen LogP contribution in [-0.2, 0) is 55.8 Å². The Hall–Kier alpha value is -5.09. The van der Waals surface area contributed by atoms with Gasteiger partial charge in [0, 0.05) is 19.3 Å². The number of allylic oxidation sites excluding steroid dienone is 28. The first kappa shape index (κ1) is 128. The van der Waals surface area contributed by atoms with Gasteiger partial charge >= 0.3 is 33.6 Å². The highest BCUT2D eigenvalue weighted by molar-refractivity contribution is 7.47. The fraction of sp³-hybridized carbons (Fsp3) is 0.730. The molecule has 766 valence electrons. The standard InChI is InChI=1S/C115H200O16P2/c1-4-7-10-13-16-19-22-25-28-31-34-37-40-43-46-49-51-53-54-56-58-60-62-65-68-71-74-77-80-83-86-89-92-95-98-101-113(118)125-104-110(116)105-127-132(121,122)128-106-111(117)107-129-133(123,124)130-109-112(131-115(120)103-100-97-94-91-88-85-82-79-76-73-70-67-64-59-48-45-42-39-36-33-30-27-24-21-18-15-12-9-6-3)108-126-114(119)102-99-96-93-90-87-84-81-78-75-72-69-66-63-61-57-55-52-50-47-44-41-38-35-32-29-26-23-20-17-14-11-8-5-2/h7,10,16-21,25-30,34-39,43-48,51,53,110-112,116-117H,4-6,8-9,11-15,22-24,31-33,40-42,49-50,52,54-109H2,1-3H3,(H,121,122)(H,123,124)/b10-7-,19-16-,20-17-,21-18-,28-25-,29-26-,30-27-,37-34-,38-35-,39-36-,46-43-,47-44-,48-45-,53-51-. The monoisotopic (exact) mass is 1900 g/mol. The molecule has 4 N–H and O–H groups in total. The van der Waals surface area contributed by atoms with Gasteiger partial charge in [0.25, 0.3) is 0 Å². The largest absolute Gasteiger partial charge is 0.472 e. The van der Waals surface area contributed by atoms with Gasteiger partial charge in [0.1, 0.15) is 25.4 Å². The fourth-order valence-corrected chi connectivity index (χ4v) is 16.8. The molecular formula is C115H200O16P2. The SMILES string of the molecule is CC/C=C\C/C=C\C/C=C\C/C=C\C/C=C\C/C=C\CCCCCCCCCCCCCCCCCCC(=O)OCC(O)COP(=O)(O)OCC(O)COP(=O)(O)OCC(COC(=O)CCCCCCCCCCCCCCCCCCC/C=C\C/C=C\C/C=C\C/C=C\CCCCC)OC(=O)CCCCCCCCCCCCCCC/C=C\C/C=C\C/C=C\C/C=C\CCCCC. The van der Waals surface area contributed by atoms with Crippen LogP contribution in [0.25, 0.3) is 0 Å². The van der Waals surface area contributed by atoms with E-state index >= 15 is 0 Å². The lowest BCUT2D eigenvalue weighted by Gasteiger charge is -2.21. The van der Waals surface area contributed by atoms with Crippen molar-refractivity contribution in [1.29, 1.82) is 0 Å². The Bertz CT molecular complexity index is 3100. The summed E-state index contributed by atoms with van der Waals surface area (Å²) in [6, 6.07) is 0. The summed E-state index contributed by atoms with van der Waals surface area (Å²) >= 11 is 0. The topological polar surface area (TPSA) is 231 Å². The molecular weight excluding hydrogens is 1700 g/mol. The normalized spacial score (nSPS) is 14.2. The minimum Gasteiger partial charge on any atom is -0.463 e. The van der Waals surface area contributed by atoms with Gasteiger partial charge in [0.15, 0.2) is 6.10 Å². The van der Waals surface area contributed by atoms with E-state index in [2.05, 4.69) is 191 Å². The molecule has 0 rings (SSSR count). The number of hydrogen-bond donors (Lipinski definition) is 4. The average molecular weight is 1900 g/mol. The summed E-state index contributed by atoms with van der Waals surface area (Å²) in [5.41, 5.74) is 0. The molecule has 16 nitrogen and oxygen atoms in total. The lowest BCUT2D eigenvalue weighted by Crippen LogP contribution is -2.30. The molecule has 0 aliphatic heterocycles. The van der Waals surface area contributed by atoms with E-state index in [-0.39, 0.29) is 19.3 Å². The molecule has 0 heterocycles. The van der Waals surface area contributed by atoms with Crippen LogP contribution >= 0.6 is 15.6 Å². The highest BCUT2D eigenvalue weighted by atomic mass is 31.2. The smallest absolute Gasteiger partial charge is 0.463 e. The van der Waals surface area contributed by atoms with Crippen molar-refractivity contribution in [2.45, 2.75) is 501 Å². The van der Waals surface area contributed by atoms with Gasteiger partial charge in [-0.25, -0.2) is 9.13 Å². The molecule has 0 aromatic rings. The minimum atomic E-state index is -4.95. The molecule has 0 bridgehead atoms. The van der Waals surface area contributed by atoms with Crippen molar-refractivity contribution in [3.05, 3.63) is 170 Å². The van der Waals surface area contributed by atoms with Crippen LogP contribution in [0.1, 0.15) is 483 Å². The van der Waals surface area contributed by atoms with Gasteiger partial charge in [0.05, 0.1) is 26.4 Å². The molecule has 5 unspecified atom stereocenters. The molecule has 0 saturated heterocycles. The first-order valence-electron chi connectivity index (χ1n) is 54.4. The van der Waals surface area contributed by atoms with Crippen molar-refractivity contribution < 1.29 is 75.8 Å². The van der Waals surface area contributed by atoms with E-state index in [1.807, 2.05) is 0 Å². The molecule has 0 radical (unpaired) electrons. The van der Waals surface area contributed by atoms with Crippen LogP contribution in [0, 0.1) is 0 Å². The van der Waals surface area contributed by atoms with Gasteiger partial charge in [-0.3, -0.25) is 32.5 Å². The number of aliphatic hydroxyl groups is 2. The Morgan fingerprint density at radius 2 is 0.398 bits per heavy atom. The van der Waals surface area contributed by atoms with Crippen LogP contribution in [0.2, 0.25) is 0 Å². The maximum atomic E-state index is 13.2. The zero-order valence-electron chi connectivity index (χ0n) is 85.1. The highest BCUT2D eigenvalue weighted by Crippen LogP contribution is 2.45. The number of phosphoric ester groups is 2. The highest BCUT2D eigenvalue weighted by Gasteiger charge is 2.30. The second-order valence-electron chi connectivity index (χ2n) is 36.4. The van der Waals surface area contributed by atoms with E-state index in [1.54, 1.807) is 0 Å². The number of unbranched alkanes of at least 4 members (excludes halogenated alkanes) is 52. The summed E-state index contributed by atoms with van der Waals surface area (Å²) < 4.78 is 61.8. The van der Waals surface area contributed by atoms with Crippen LogP contribution in [0.4, 0.5) is 0 Å². The molecule has 0 spiro atoms. The van der Waals surface area contributed by atoms with E-state index in [0.29, 0.717) is 19.3 Å². The molecule has 0 saturated carbocycles. The van der Waals surface area contributed by atoms with Crippen LogP contribution in [-0.4, -0.2) is 95.9 Å². The molecule has 0 aromatic carbocycles. The molecule has 5 atom stereocenters. The summed E-state index contributed by atoms with van der Waals surface area (Å²) in [6.45, 7) is 2.61. The zero-order chi connectivity index (χ0) is 96.4. The number of carbonyl (C=O) groups excluding carboxylic acids is 3. The van der Waals surface area contributed by atoms with Crippen LogP contribution in [0.5, 0.6) is 0 Å². The van der Waals surface area contributed by atoms with Gasteiger partial charge in [-0.1, -0.05) is 473 Å². The Kier molecular flexibility index (Phi) is 102. The van der Waals surface area contributed by atoms with Crippen molar-refractivity contribution in [2.24, 2.45) is 0 Å². The predicted octanol–water partition coefficient (Wildman–Crippen LogP) is 34.9. The first-order chi connectivity index (χ1) is 65.2. The number of carbonyl (C=O) groups is 3. The molecule has 0 aliphatic carbocycles. The van der Waals surface area contributed by atoms with Crippen molar-refractivity contribution >= 4 is 33.6 Å². The fourth-order valence-electron chi connectivity index (χ4n) is 15.2. The summed E-state index contributed by atoms with van der Waals surface area (Å²) in [7, 11) is -9.82. The van der Waals surface area contributed by atoms with Crippen LogP contribution in [0.3, 0.4) is 0 Å². The maximum absolute atomic E-state index is 13.2. The molecule has 0 amide bonds. The first-order valence-corrected chi connectivity index (χ1v) is 57.4. The van der Waals surface area contributed by atoms with E-state index in [1.165, 1.54) is 276 Å².